The van der Waals surface area contributed by atoms with E-state index in [2.05, 4.69) is 22.7 Å². The Balaban J connectivity index is 3.80. The van der Waals surface area contributed by atoms with Gasteiger partial charge >= 0.3 is 5.97 Å². The smallest absolute Gasteiger partial charge is 0.323 e. The molecule has 0 radical (unpaired) electrons. The highest BCUT2D eigenvalue weighted by atomic mass is 32.1. The molecule has 0 aromatic carbocycles. The second kappa shape index (κ2) is 6.27. The van der Waals surface area contributed by atoms with Crippen molar-refractivity contribution in [2.24, 2.45) is 0 Å². The van der Waals surface area contributed by atoms with Crippen molar-refractivity contribution in [2.45, 2.75) is 32.4 Å². The summed E-state index contributed by atoms with van der Waals surface area (Å²) in [6, 6.07) is -0.411. The molecule has 0 saturated carbocycles. The van der Waals surface area contributed by atoms with E-state index in [0.29, 0.717) is 12.5 Å². The molecule has 84 valence electrons. The lowest BCUT2D eigenvalue weighted by Gasteiger charge is -2.21. The van der Waals surface area contributed by atoms with E-state index >= 15 is 0 Å². The minimum Gasteiger partial charge on any atom is -0.468 e. The molecule has 4 nitrogen and oxygen atoms in total. The number of hydrogen-bond donors (Lipinski definition) is 2. The summed E-state index contributed by atoms with van der Waals surface area (Å²) in [6.07, 6.45) is 0. The molecule has 1 N–H and O–H groups in total. The molecule has 0 heterocycles. The summed E-state index contributed by atoms with van der Waals surface area (Å²) >= 11 is 4.04. The molecule has 5 heteroatoms. The molecule has 0 aliphatic carbocycles. The molecular weight excluding hydrogens is 202 g/mol. The van der Waals surface area contributed by atoms with Crippen LogP contribution >= 0.6 is 12.6 Å². The lowest BCUT2D eigenvalue weighted by atomic mass is 10.2. The Labute approximate surface area is 90.8 Å². The number of thiol groups is 1. The monoisotopic (exact) mass is 221 g/mol. The van der Waals surface area contributed by atoms with E-state index in [4.69, 9.17) is 4.74 Å². The highest BCUT2D eigenvalue weighted by Gasteiger charge is 2.17. The quantitative estimate of drug-likeness (QED) is 0.410. The Morgan fingerprint density at radius 2 is 2.07 bits per heavy atom. The Kier molecular flexibility index (Phi) is 6.15. The van der Waals surface area contributed by atoms with Crippen molar-refractivity contribution in [3.05, 3.63) is 0 Å². The van der Waals surface area contributed by atoms with Gasteiger partial charge in [0, 0.05) is 5.75 Å². The van der Waals surface area contributed by atoms with Gasteiger partial charge in [-0.25, -0.2) is 0 Å². The first-order chi connectivity index (χ1) is 6.40. The largest absolute Gasteiger partial charge is 0.468 e. The molecule has 1 atom stereocenters. The molecule has 0 aliphatic heterocycles. The van der Waals surface area contributed by atoms with Crippen molar-refractivity contribution in [1.82, 2.24) is 5.32 Å². The third kappa shape index (κ3) is 6.23. The van der Waals surface area contributed by atoms with Gasteiger partial charge in [-0.05, 0) is 20.8 Å². The molecule has 0 aliphatic rings. The van der Waals surface area contributed by atoms with E-state index in [9.17, 15) is 4.79 Å². The number of hydrogen-bond acceptors (Lipinski definition) is 5. The molecule has 0 unspecified atom stereocenters. The van der Waals surface area contributed by atoms with Gasteiger partial charge in [0.05, 0.1) is 19.4 Å². The maximum Gasteiger partial charge on any atom is 0.323 e. The Hall–Kier alpha value is -0.260. The predicted octanol–water partition coefficient (Wildman–Crippen LogP) is 0.820. The summed E-state index contributed by atoms with van der Waals surface area (Å²) in [7, 11) is 1.35. The van der Waals surface area contributed by atoms with Gasteiger partial charge in [-0.1, -0.05) is 0 Å². The summed E-state index contributed by atoms with van der Waals surface area (Å²) in [5.41, 5.74) is -0.218. The van der Waals surface area contributed by atoms with E-state index in [1.54, 1.807) is 0 Å². The van der Waals surface area contributed by atoms with Crippen LogP contribution in [0, 0.1) is 0 Å². The van der Waals surface area contributed by atoms with Gasteiger partial charge in [0.1, 0.15) is 6.04 Å². The van der Waals surface area contributed by atoms with Gasteiger partial charge in [-0.15, -0.1) is 0 Å². The molecule has 0 saturated heterocycles. The van der Waals surface area contributed by atoms with Crippen molar-refractivity contribution in [2.75, 3.05) is 19.6 Å². The molecule has 0 rings (SSSR count). The third-order valence-electron chi connectivity index (χ3n) is 1.50. The Morgan fingerprint density at radius 1 is 1.50 bits per heavy atom. The zero-order valence-electron chi connectivity index (χ0n) is 9.16. The van der Waals surface area contributed by atoms with Gasteiger partial charge in [0.2, 0.25) is 0 Å². The summed E-state index contributed by atoms with van der Waals surface area (Å²) in [4.78, 5) is 11.1. The lowest BCUT2D eigenvalue weighted by Crippen LogP contribution is -2.42. The summed E-state index contributed by atoms with van der Waals surface area (Å²) < 4.78 is 9.98. The van der Waals surface area contributed by atoms with Crippen LogP contribution in [0.5, 0.6) is 0 Å². The van der Waals surface area contributed by atoms with Crippen molar-refractivity contribution >= 4 is 18.6 Å². The van der Waals surface area contributed by atoms with Crippen LogP contribution in [-0.4, -0.2) is 37.2 Å². The maximum absolute atomic E-state index is 11.1. The topological polar surface area (TPSA) is 47.6 Å². The zero-order valence-corrected chi connectivity index (χ0v) is 10.1. The van der Waals surface area contributed by atoms with Gasteiger partial charge in [0.15, 0.2) is 0 Å². The average Bonchev–Trinajstić information content (AvgIpc) is 2.09. The molecule has 0 fully saturated rings. The third-order valence-corrected chi connectivity index (χ3v) is 1.87. The maximum atomic E-state index is 11.1. The normalized spacial score (nSPS) is 13.8. The first-order valence-electron chi connectivity index (χ1n) is 4.46. The first kappa shape index (κ1) is 13.7. The standard InChI is InChI=1S/C9H19NO3S/c1-9(2,3)13-6-10-7(5-14)8(11)12-4/h7,10,14H,5-6H2,1-4H3/t7-/m0/s1. The van der Waals surface area contributed by atoms with Gasteiger partial charge in [-0.2, -0.15) is 12.6 Å². The molecule has 0 amide bonds. The van der Waals surface area contributed by atoms with Crippen LogP contribution in [0.4, 0.5) is 0 Å². The molecule has 0 bridgehead atoms. The highest BCUT2D eigenvalue weighted by molar-refractivity contribution is 7.80. The predicted molar refractivity (Wildman–Crippen MR) is 58.5 cm³/mol. The molecule has 0 aromatic rings. The highest BCUT2D eigenvalue weighted by Crippen LogP contribution is 2.05. The van der Waals surface area contributed by atoms with Crippen molar-refractivity contribution < 1.29 is 14.3 Å². The van der Waals surface area contributed by atoms with E-state index in [1.807, 2.05) is 20.8 Å². The fourth-order valence-electron chi connectivity index (χ4n) is 0.723. The average molecular weight is 221 g/mol. The summed E-state index contributed by atoms with van der Waals surface area (Å²) in [5.74, 6) is 0.0673. The van der Waals surface area contributed by atoms with E-state index in [1.165, 1.54) is 7.11 Å². The number of rotatable bonds is 5. The fourth-order valence-corrected chi connectivity index (χ4v) is 1.00. The van der Waals surface area contributed by atoms with Crippen LogP contribution in [0.2, 0.25) is 0 Å². The van der Waals surface area contributed by atoms with Crippen LogP contribution in [0.15, 0.2) is 0 Å². The minimum absolute atomic E-state index is 0.218. The molecule has 0 spiro atoms. The molecular formula is C9H19NO3S. The number of carbonyl (C=O) groups excluding carboxylic acids is 1. The fraction of sp³-hybridized carbons (Fsp3) is 0.889. The minimum atomic E-state index is -0.411. The van der Waals surface area contributed by atoms with Crippen molar-refractivity contribution in [3.63, 3.8) is 0 Å². The first-order valence-corrected chi connectivity index (χ1v) is 5.10. The van der Waals surface area contributed by atoms with E-state index in [0.717, 1.165) is 0 Å². The number of carbonyl (C=O) groups is 1. The van der Waals surface area contributed by atoms with Gasteiger partial charge in [-0.3, -0.25) is 10.1 Å². The Morgan fingerprint density at radius 3 is 2.43 bits per heavy atom. The van der Waals surface area contributed by atoms with Crippen LogP contribution in [-0.2, 0) is 14.3 Å². The number of esters is 1. The number of methoxy groups -OCH3 is 1. The van der Waals surface area contributed by atoms with E-state index < -0.39 is 6.04 Å². The second-order valence-electron chi connectivity index (χ2n) is 3.86. The zero-order chi connectivity index (χ0) is 11.2. The summed E-state index contributed by atoms with van der Waals surface area (Å²) in [5, 5.41) is 2.90. The van der Waals surface area contributed by atoms with Crippen LogP contribution in [0.3, 0.4) is 0 Å². The summed E-state index contributed by atoms with van der Waals surface area (Å²) in [6.45, 7) is 6.15. The lowest BCUT2D eigenvalue weighted by molar-refractivity contribution is -0.143. The van der Waals surface area contributed by atoms with Gasteiger partial charge in [0.25, 0.3) is 0 Å². The second-order valence-corrected chi connectivity index (χ2v) is 4.23. The van der Waals surface area contributed by atoms with E-state index in [-0.39, 0.29) is 11.6 Å². The number of ether oxygens (including phenoxy) is 2. The molecule has 0 aromatic heterocycles. The van der Waals surface area contributed by atoms with Crippen molar-refractivity contribution in [3.8, 4) is 0 Å². The van der Waals surface area contributed by atoms with Gasteiger partial charge < -0.3 is 9.47 Å². The van der Waals surface area contributed by atoms with Crippen LogP contribution in [0.25, 0.3) is 0 Å². The van der Waals surface area contributed by atoms with Crippen molar-refractivity contribution in [1.29, 1.82) is 0 Å². The SMILES string of the molecule is COC(=O)[C@H](CS)NCOC(C)(C)C. The Bertz CT molecular complexity index is 179. The number of nitrogens with one attached hydrogen (secondary N) is 1. The molecule has 14 heavy (non-hydrogen) atoms. The van der Waals surface area contributed by atoms with Crippen LogP contribution in [0.1, 0.15) is 20.8 Å². The van der Waals surface area contributed by atoms with Crippen LogP contribution < -0.4 is 5.32 Å².